The minimum absolute atomic E-state index is 0.0336. The lowest BCUT2D eigenvalue weighted by Crippen LogP contribution is -2.49. The van der Waals surface area contributed by atoms with Gasteiger partial charge in [0, 0.05) is 45.6 Å². The number of unbranched alkanes of at least 4 members (excludes halogenated alkanes) is 1. The van der Waals surface area contributed by atoms with Gasteiger partial charge in [0.2, 0.25) is 11.7 Å². The van der Waals surface area contributed by atoms with Crippen LogP contribution >= 0.6 is 11.3 Å². The zero-order chi connectivity index (χ0) is 23.7. The maximum atomic E-state index is 14.1. The Morgan fingerprint density at radius 3 is 2.68 bits per heavy atom. The number of anilines is 1. The third kappa shape index (κ3) is 4.06. The van der Waals surface area contributed by atoms with Crippen LogP contribution in [0.25, 0.3) is 16.0 Å². The van der Waals surface area contributed by atoms with Crippen molar-refractivity contribution < 1.29 is 9.18 Å². The average Bonchev–Trinajstić information content (AvgIpc) is 3.50. The number of hydrogen-bond donors (Lipinski definition) is 0. The molecule has 0 radical (unpaired) electrons. The Morgan fingerprint density at radius 2 is 1.91 bits per heavy atom. The lowest BCUT2D eigenvalue weighted by Gasteiger charge is -2.36. The highest BCUT2D eigenvalue weighted by Crippen LogP contribution is 2.22. The predicted molar refractivity (Wildman–Crippen MR) is 131 cm³/mol. The van der Waals surface area contributed by atoms with Gasteiger partial charge in [-0.2, -0.15) is 0 Å². The summed E-state index contributed by atoms with van der Waals surface area (Å²) in [5, 5.41) is 10.6. The second-order valence-electron chi connectivity index (χ2n) is 8.52. The van der Waals surface area contributed by atoms with E-state index in [9.17, 15) is 14.0 Å². The lowest BCUT2D eigenvalue weighted by atomic mass is 10.2. The first-order chi connectivity index (χ1) is 16.6. The molecular weight excluding hydrogens is 455 g/mol. The molecule has 10 heteroatoms. The quantitative estimate of drug-likeness (QED) is 0.404. The van der Waals surface area contributed by atoms with Crippen molar-refractivity contribution in [3.05, 3.63) is 57.7 Å². The van der Waals surface area contributed by atoms with E-state index in [1.807, 2.05) is 31.7 Å². The van der Waals surface area contributed by atoms with E-state index in [0.717, 1.165) is 18.4 Å². The van der Waals surface area contributed by atoms with Crippen molar-refractivity contribution in [3.8, 4) is 0 Å². The van der Waals surface area contributed by atoms with Crippen LogP contribution in [-0.2, 0) is 17.8 Å². The molecule has 5 rings (SSSR count). The summed E-state index contributed by atoms with van der Waals surface area (Å²) in [5.74, 6) is 1.02. The molecule has 1 aliphatic rings. The molecule has 0 unspecified atom stereocenters. The SMILES string of the molecule is CCCCn1c(=O)c2sccc2n2c(CCC(=O)N3CCN(c4ccccc4F)CC3)nnc12. The van der Waals surface area contributed by atoms with Gasteiger partial charge in [-0.3, -0.25) is 18.6 Å². The van der Waals surface area contributed by atoms with Gasteiger partial charge < -0.3 is 9.80 Å². The average molecular weight is 483 g/mol. The summed E-state index contributed by atoms with van der Waals surface area (Å²) in [6.45, 7) is 4.98. The molecule has 1 aromatic carbocycles. The van der Waals surface area contributed by atoms with E-state index < -0.39 is 0 Å². The highest BCUT2D eigenvalue weighted by atomic mass is 32.1. The molecule has 178 valence electrons. The van der Waals surface area contributed by atoms with Gasteiger partial charge >= 0.3 is 0 Å². The van der Waals surface area contributed by atoms with Crippen LogP contribution in [0.5, 0.6) is 0 Å². The first-order valence-corrected chi connectivity index (χ1v) is 12.6. The van der Waals surface area contributed by atoms with Gasteiger partial charge in [0.25, 0.3) is 5.56 Å². The van der Waals surface area contributed by atoms with E-state index in [4.69, 9.17) is 0 Å². The molecule has 4 aromatic rings. The van der Waals surface area contributed by atoms with Gasteiger partial charge in [-0.1, -0.05) is 25.5 Å². The largest absolute Gasteiger partial charge is 0.366 e. The minimum atomic E-state index is -0.238. The number of benzene rings is 1. The first-order valence-electron chi connectivity index (χ1n) is 11.7. The van der Waals surface area contributed by atoms with E-state index in [-0.39, 0.29) is 17.3 Å². The predicted octanol–water partition coefficient (Wildman–Crippen LogP) is 3.33. The van der Waals surface area contributed by atoms with Gasteiger partial charge in [0.05, 0.1) is 11.2 Å². The van der Waals surface area contributed by atoms with E-state index >= 15 is 0 Å². The Kier molecular flexibility index (Phi) is 6.32. The molecule has 0 saturated carbocycles. The Balaban J connectivity index is 1.30. The van der Waals surface area contributed by atoms with Crippen LogP contribution < -0.4 is 10.5 Å². The van der Waals surface area contributed by atoms with E-state index in [1.165, 1.54) is 17.4 Å². The fourth-order valence-electron chi connectivity index (χ4n) is 4.54. The van der Waals surface area contributed by atoms with Crippen molar-refractivity contribution in [3.63, 3.8) is 0 Å². The molecule has 0 spiro atoms. The summed E-state index contributed by atoms with van der Waals surface area (Å²) >= 11 is 1.42. The van der Waals surface area contributed by atoms with Gasteiger partial charge in [-0.25, -0.2) is 4.39 Å². The van der Waals surface area contributed by atoms with Crippen LogP contribution in [0.15, 0.2) is 40.5 Å². The maximum Gasteiger partial charge on any atom is 0.272 e. The van der Waals surface area contributed by atoms with Crippen LogP contribution in [0.2, 0.25) is 0 Å². The summed E-state index contributed by atoms with van der Waals surface area (Å²) in [6, 6.07) is 8.65. The zero-order valence-corrected chi connectivity index (χ0v) is 19.9. The number of aromatic nitrogens is 4. The molecule has 1 aliphatic heterocycles. The summed E-state index contributed by atoms with van der Waals surface area (Å²) < 4.78 is 18.4. The molecule has 8 nitrogen and oxygen atoms in total. The summed E-state index contributed by atoms with van der Waals surface area (Å²) in [4.78, 5) is 29.7. The monoisotopic (exact) mass is 482 g/mol. The van der Waals surface area contributed by atoms with E-state index in [2.05, 4.69) is 17.1 Å². The Hall–Kier alpha value is -3.27. The van der Waals surface area contributed by atoms with Crippen LogP contribution in [0, 0.1) is 5.82 Å². The smallest absolute Gasteiger partial charge is 0.272 e. The van der Waals surface area contributed by atoms with Crippen LogP contribution in [-0.4, -0.2) is 56.2 Å². The number of carbonyl (C=O) groups excluding carboxylic acids is 1. The Labute approximate surface area is 200 Å². The van der Waals surface area contributed by atoms with Crippen LogP contribution in [0.1, 0.15) is 32.0 Å². The summed E-state index contributed by atoms with van der Waals surface area (Å²) in [7, 11) is 0. The van der Waals surface area contributed by atoms with E-state index in [1.54, 1.807) is 16.7 Å². The second kappa shape index (κ2) is 9.54. The number of aryl methyl sites for hydroxylation is 2. The molecule has 0 bridgehead atoms. The molecule has 0 N–H and O–H groups in total. The van der Waals surface area contributed by atoms with Gasteiger partial charge in [-0.15, -0.1) is 21.5 Å². The van der Waals surface area contributed by atoms with Gasteiger partial charge in [0.15, 0.2) is 0 Å². The number of thiophene rings is 1. The van der Waals surface area contributed by atoms with Gasteiger partial charge in [0.1, 0.15) is 16.3 Å². The van der Waals surface area contributed by atoms with Crippen LogP contribution in [0.3, 0.4) is 0 Å². The molecule has 4 heterocycles. The molecule has 3 aromatic heterocycles. The maximum absolute atomic E-state index is 14.1. The molecular formula is C24H27FN6O2S. The normalized spacial score (nSPS) is 14.4. The summed E-state index contributed by atoms with van der Waals surface area (Å²) in [5.41, 5.74) is 1.34. The second-order valence-corrected chi connectivity index (χ2v) is 9.43. The molecule has 1 fully saturated rings. The number of para-hydroxylation sites is 1. The van der Waals surface area contributed by atoms with E-state index in [0.29, 0.717) is 67.6 Å². The minimum Gasteiger partial charge on any atom is -0.366 e. The van der Waals surface area contributed by atoms with Crippen molar-refractivity contribution in [2.24, 2.45) is 0 Å². The topological polar surface area (TPSA) is 75.7 Å². The number of amides is 1. The number of hydrogen-bond acceptors (Lipinski definition) is 6. The highest BCUT2D eigenvalue weighted by molar-refractivity contribution is 7.17. The number of fused-ring (bicyclic) bond motifs is 3. The standard InChI is InChI=1S/C24H27FN6O2S/c1-2-3-11-30-23(33)22-19(10-16-34-22)31-20(26-27-24(30)31)8-9-21(32)29-14-12-28(13-15-29)18-7-5-4-6-17(18)25/h4-7,10,16H,2-3,8-9,11-15H2,1H3. The summed E-state index contributed by atoms with van der Waals surface area (Å²) in [6.07, 6.45) is 2.59. The van der Waals surface area contributed by atoms with Crippen molar-refractivity contribution in [1.82, 2.24) is 24.1 Å². The number of nitrogens with zero attached hydrogens (tertiary/aromatic N) is 6. The van der Waals surface area contributed by atoms with Crippen molar-refractivity contribution in [1.29, 1.82) is 0 Å². The van der Waals surface area contributed by atoms with Crippen molar-refractivity contribution in [2.75, 3.05) is 31.1 Å². The fraction of sp³-hybridized carbons (Fsp3) is 0.417. The molecule has 1 saturated heterocycles. The number of piperazine rings is 1. The zero-order valence-electron chi connectivity index (χ0n) is 19.1. The Bertz CT molecular complexity index is 1390. The molecule has 34 heavy (non-hydrogen) atoms. The first kappa shape index (κ1) is 22.5. The highest BCUT2D eigenvalue weighted by Gasteiger charge is 2.24. The van der Waals surface area contributed by atoms with Crippen molar-refractivity contribution >= 4 is 38.9 Å². The van der Waals surface area contributed by atoms with Crippen molar-refractivity contribution in [2.45, 2.75) is 39.2 Å². The third-order valence-corrected chi connectivity index (χ3v) is 7.29. The van der Waals surface area contributed by atoms with Gasteiger partial charge in [-0.05, 0) is 30.0 Å². The molecule has 1 amide bonds. The Morgan fingerprint density at radius 1 is 1.12 bits per heavy atom. The number of halogens is 1. The van der Waals surface area contributed by atoms with Crippen LogP contribution in [0.4, 0.5) is 10.1 Å². The fourth-order valence-corrected chi connectivity index (χ4v) is 5.37. The number of carbonyl (C=O) groups is 1. The molecule has 0 aliphatic carbocycles. The lowest BCUT2D eigenvalue weighted by molar-refractivity contribution is -0.131. The molecule has 0 atom stereocenters. The third-order valence-electron chi connectivity index (χ3n) is 6.40. The number of rotatable bonds is 7.